The highest BCUT2D eigenvalue weighted by Crippen LogP contribution is 2.29. The fraction of sp³-hybridized carbons (Fsp3) is 0.385. The van der Waals surface area contributed by atoms with Crippen LogP contribution in [0.25, 0.3) is 11.0 Å². The van der Waals surface area contributed by atoms with Crippen LogP contribution in [0, 0.1) is 0 Å². The number of hydrogen-bond acceptors (Lipinski definition) is 4. The maximum Gasteiger partial charge on any atom is 0.135 e. The van der Waals surface area contributed by atoms with Crippen molar-refractivity contribution in [2.24, 2.45) is 0 Å². The van der Waals surface area contributed by atoms with Crippen LogP contribution in [0.5, 0.6) is 0 Å². The number of aliphatic hydroxyl groups is 2. The first-order valence-electron chi connectivity index (χ1n) is 5.70. The van der Waals surface area contributed by atoms with Gasteiger partial charge in [0.1, 0.15) is 17.9 Å². The summed E-state index contributed by atoms with van der Waals surface area (Å²) in [6, 6.07) is 5.91. The molecule has 98 valence electrons. The molecule has 2 atom stereocenters. The van der Waals surface area contributed by atoms with Crippen LogP contribution >= 0.6 is 0 Å². The second-order valence-corrected chi connectivity index (χ2v) is 4.25. The van der Waals surface area contributed by atoms with E-state index in [1.165, 1.54) is 6.26 Å². The van der Waals surface area contributed by atoms with Crippen molar-refractivity contribution < 1.29 is 19.0 Å². The lowest BCUT2D eigenvalue weighted by molar-refractivity contribution is -0.0385. The number of furan rings is 1. The number of likely N-dealkylation sites (N-methyl/N-ethyl adjacent to an activating group) is 1. The monoisotopic (exact) mass is 253 g/mol. The van der Waals surface area contributed by atoms with E-state index in [1.807, 2.05) is 0 Å². The van der Waals surface area contributed by atoms with Crippen LogP contribution in [0.2, 0.25) is 0 Å². The van der Waals surface area contributed by atoms with Crippen molar-refractivity contribution in [1.82, 2.24) is 5.32 Å². The van der Waals surface area contributed by atoms with Crippen molar-refractivity contribution in [2.75, 3.05) is 20.3 Å². The Morgan fingerprint density at radius 1 is 1.44 bits per heavy atom. The molecule has 2 unspecified atom stereocenters. The van der Waals surface area contributed by atoms with E-state index in [0.717, 1.165) is 5.39 Å². The summed E-state index contributed by atoms with van der Waals surface area (Å²) in [5, 5.41) is 23.1. The van der Waals surface area contributed by atoms with E-state index >= 15 is 0 Å². The minimum absolute atomic E-state index is 0.361. The van der Waals surface area contributed by atoms with Crippen LogP contribution in [-0.2, 0) is 5.60 Å². The minimum atomic E-state index is -1.76. The van der Waals surface area contributed by atoms with Crippen molar-refractivity contribution in [3.63, 3.8) is 0 Å². The number of alkyl halides is 1. The number of aliphatic hydroxyl groups excluding tert-OH is 1. The predicted octanol–water partition coefficient (Wildman–Crippen LogP) is 1.17. The van der Waals surface area contributed by atoms with Gasteiger partial charge < -0.3 is 19.9 Å². The molecule has 5 heteroatoms. The first kappa shape index (κ1) is 13.0. The van der Waals surface area contributed by atoms with Crippen molar-refractivity contribution in [2.45, 2.75) is 11.6 Å². The maximum atomic E-state index is 13.3. The van der Waals surface area contributed by atoms with Gasteiger partial charge >= 0.3 is 0 Å². The van der Waals surface area contributed by atoms with Crippen LogP contribution in [-0.4, -0.2) is 36.6 Å². The lowest BCUT2D eigenvalue weighted by Gasteiger charge is -2.33. The SMILES string of the molecule is CNC(CO)C(O)(CF)c1ccc2occc2c1. The third-order valence-electron chi connectivity index (χ3n) is 3.26. The third-order valence-corrected chi connectivity index (χ3v) is 3.26. The highest BCUT2D eigenvalue weighted by atomic mass is 19.1. The van der Waals surface area contributed by atoms with E-state index in [1.54, 1.807) is 31.3 Å². The second-order valence-electron chi connectivity index (χ2n) is 4.25. The summed E-state index contributed by atoms with van der Waals surface area (Å²) in [5.74, 6) is 0. The molecule has 0 fully saturated rings. The van der Waals surface area contributed by atoms with Gasteiger partial charge in [-0.2, -0.15) is 0 Å². The Morgan fingerprint density at radius 3 is 2.83 bits per heavy atom. The molecule has 18 heavy (non-hydrogen) atoms. The molecular formula is C13H16FNO3. The molecule has 0 radical (unpaired) electrons. The summed E-state index contributed by atoms with van der Waals surface area (Å²) in [7, 11) is 1.57. The molecule has 0 aliphatic rings. The van der Waals surface area contributed by atoms with Crippen LogP contribution in [0.4, 0.5) is 4.39 Å². The van der Waals surface area contributed by atoms with Crippen LogP contribution < -0.4 is 5.32 Å². The van der Waals surface area contributed by atoms with Gasteiger partial charge in [0.2, 0.25) is 0 Å². The molecule has 1 aromatic heterocycles. The topological polar surface area (TPSA) is 65.6 Å². The molecule has 1 heterocycles. The molecule has 0 amide bonds. The first-order valence-corrected chi connectivity index (χ1v) is 5.70. The summed E-state index contributed by atoms with van der Waals surface area (Å²) in [6.07, 6.45) is 1.53. The number of nitrogens with one attached hydrogen (secondary N) is 1. The Hall–Kier alpha value is -1.43. The smallest absolute Gasteiger partial charge is 0.135 e. The Balaban J connectivity index is 2.47. The van der Waals surface area contributed by atoms with Gasteiger partial charge in [-0.3, -0.25) is 0 Å². The van der Waals surface area contributed by atoms with E-state index in [9.17, 15) is 14.6 Å². The zero-order valence-corrected chi connectivity index (χ0v) is 10.1. The highest BCUT2D eigenvalue weighted by molar-refractivity contribution is 5.78. The van der Waals surface area contributed by atoms with Crippen molar-refractivity contribution in [1.29, 1.82) is 0 Å². The van der Waals surface area contributed by atoms with Crippen molar-refractivity contribution >= 4 is 11.0 Å². The Kier molecular flexibility index (Phi) is 3.65. The van der Waals surface area contributed by atoms with Gasteiger partial charge in [-0.25, -0.2) is 4.39 Å². The average Bonchev–Trinajstić information content (AvgIpc) is 2.86. The Bertz CT molecular complexity index is 524. The zero-order valence-electron chi connectivity index (χ0n) is 10.1. The van der Waals surface area contributed by atoms with Gasteiger partial charge in [-0.15, -0.1) is 0 Å². The van der Waals surface area contributed by atoms with E-state index in [4.69, 9.17) is 4.42 Å². The van der Waals surface area contributed by atoms with Gasteiger partial charge in [-0.05, 0) is 30.8 Å². The van der Waals surface area contributed by atoms with Gasteiger partial charge in [0, 0.05) is 5.39 Å². The van der Waals surface area contributed by atoms with E-state index in [2.05, 4.69) is 5.32 Å². The summed E-state index contributed by atoms with van der Waals surface area (Å²) in [4.78, 5) is 0. The second kappa shape index (κ2) is 5.06. The molecule has 2 aromatic rings. The molecule has 2 rings (SSSR count). The molecule has 0 aliphatic carbocycles. The lowest BCUT2D eigenvalue weighted by Crippen LogP contribution is -2.51. The number of hydrogen-bond donors (Lipinski definition) is 3. The van der Waals surface area contributed by atoms with Gasteiger partial charge in [0.05, 0.1) is 18.9 Å². The molecule has 0 bridgehead atoms. The van der Waals surface area contributed by atoms with Gasteiger partial charge in [0.15, 0.2) is 0 Å². The first-order chi connectivity index (χ1) is 8.65. The minimum Gasteiger partial charge on any atom is -0.464 e. The highest BCUT2D eigenvalue weighted by Gasteiger charge is 2.37. The van der Waals surface area contributed by atoms with Crippen molar-refractivity contribution in [3.05, 3.63) is 36.1 Å². The number of halogens is 1. The quantitative estimate of drug-likeness (QED) is 0.748. The summed E-state index contributed by atoms with van der Waals surface area (Å²) >= 11 is 0. The van der Waals surface area contributed by atoms with Crippen molar-refractivity contribution in [3.8, 4) is 0 Å². The van der Waals surface area contributed by atoms with Crippen LogP contribution in [0.15, 0.2) is 34.9 Å². The fourth-order valence-corrected chi connectivity index (χ4v) is 2.09. The van der Waals surface area contributed by atoms with Gasteiger partial charge in [0.25, 0.3) is 0 Å². The molecule has 0 saturated carbocycles. The molecular weight excluding hydrogens is 237 g/mol. The molecule has 0 aliphatic heterocycles. The predicted molar refractivity (Wildman–Crippen MR) is 66.0 cm³/mol. The maximum absolute atomic E-state index is 13.3. The van der Waals surface area contributed by atoms with Crippen LogP contribution in [0.3, 0.4) is 0 Å². The normalized spacial score (nSPS) is 16.7. The largest absolute Gasteiger partial charge is 0.464 e. The van der Waals surface area contributed by atoms with Gasteiger partial charge in [-0.1, -0.05) is 6.07 Å². The van der Waals surface area contributed by atoms with Crippen LogP contribution in [0.1, 0.15) is 5.56 Å². The standard InChI is InChI=1S/C13H16FNO3/c1-15-12(7-16)13(17,8-14)10-2-3-11-9(6-10)4-5-18-11/h2-6,12,15-17H,7-8H2,1H3. The lowest BCUT2D eigenvalue weighted by atomic mass is 9.87. The number of rotatable bonds is 5. The molecule has 3 N–H and O–H groups in total. The molecule has 0 spiro atoms. The van der Waals surface area contributed by atoms with E-state index in [0.29, 0.717) is 11.1 Å². The van der Waals surface area contributed by atoms with E-state index < -0.39 is 18.3 Å². The van der Waals surface area contributed by atoms with E-state index in [-0.39, 0.29) is 6.61 Å². The molecule has 0 saturated heterocycles. The Labute approximate surface area is 104 Å². The Morgan fingerprint density at radius 2 is 2.22 bits per heavy atom. The average molecular weight is 253 g/mol. The number of benzene rings is 1. The third kappa shape index (κ3) is 2.01. The summed E-state index contributed by atoms with van der Waals surface area (Å²) < 4.78 is 18.4. The molecule has 1 aromatic carbocycles. The molecule has 4 nitrogen and oxygen atoms in total. The number of fused-ring (bicyclic) bond motifs is 1. The summed E-state index contributed by atoms with van der Waals surface area (Å²) in [5.41, 5.74) is -0.674. The summed E-state index contributed by atoms with van der Waals surface area (Å²) in [6.45, 7) is -1.34. The zero-order chi connectivity index (χ0) is 13.2. The fourth-order valence-electron chi connectivity index (χ4n) is 2.09.